The minimum absolute atomic E-state index is 0.177. The normalized spacial score (nSPS) is 12.3. The summed E-state index contributed by atoms with van der Waals surface area (Å²) in [5, 5.41) is 12.0. The zero-order valence-corrected chi connectivity index (χ0v) is 11.9. The predicted molar refractivity (Wildman–Crippen MR) is 74.6 cm³/mol. The minimum atomic E-state index is -0.519. The Morgan fingerprint density at radius 2 is 2.47 bits per heavy atom. The van der Waals surface area contributed by atoms with Gasteiger partial charge in [-0.3, -0.25) is 4.79 Å². The first-order valence-electron chi connectivity index (χ1n) is 5.72. The van der Waals surface area contributed by atoms with E-state index in [2.05, 4.69) is 10.3 Å². The summed E-state index contributed by atoms with van der Waals surface area (Å²) in [6, 6.07) is 2.91. The van der Waals surface area contributed by atoms with Crippen LogP contribution in [0.2, 0.25) is 0 Å². The van der Waals surface area contributed by atoms with Gasteiger partial charge in [-0.15, -0.1) is 11.3 Å². The number of hydrogen-bond donors (Lipinski definition) is 3. The number of carbonyl (C=O) groups is 1. The van der Waals surface area contributed by atoms with Gasteiger partial charge in [0.15, 0.2) is 3.95 Å². The van der Waals surface area contributed by atoms with Crippen LogP contribution < -0.4 is 5.32 Å². The van der Waals surface area contributed by atoms with Crippen LogP contribution >= 0.6 is 23.6 Å². The SMILES string of the molecule is Cc1[nH]c(=S)sc1CC(=O)NC(CO)c1ccco1. The molecule has 2 rings (SSSR count). The number of aromatic nitrogens is 1. The van der Waals surface area contributed by atoms with E-state index in [0.717, 1.165) is 10.6 Å². The summed E-state index contributed by atoms with van der Waals surface area (Å²) in [5.41, 5.74) is 0.906. The Kier molecular flexibility index (Phi) is 4.52. The number of rotatable bonds is 5. The van der Waals surface area contributed by atoms with Crippen molar-refractivity contribution in [3.8, 4) is 0 Å². The van der Waals surface area contributed by atoms with E-state index < -0.39 is 6.04 Å². The maximum absolute atomic E-state index is 11.9. The van der Waals surface area contributed by atoms with Crippen molar-refractivity contribution in [2.75, 3.05) is 6.61 Å². The smallest absolute Gasteiger partial charge is 0.225 e. The summed E-state index contributed by atoms with van der Waals surface area (Å²) < 4.78 is 5.83. The molecule has 0 aliphatic heterocycles. The molecule has 0 spiro atoms. The van der Waals surface area contributed by atoms with E-state index in [4.69, 9.17) is 16.6 Å². The molecule has 2 heterocycles. The highest BCUT2D eigenvalue weighted by atomic mass is 32.1. The van der Waals surface area contributed by atoms with E-state index in [0.29, 0.717) is 9.71 Å². The van der Waals surface area contributed by atoms with Gasteiger partial charge in [0, 0.05) is 10.6 Å². The lowest BCUT2D eigenvalue weighted by atomic mass is 10.2. The maximum Gasteiger partial charge on any atom is 0.225 e. The average Bonchev–Trinajstić information content (AvgIpc) is 2.97. The number of carbonyl (C=O) groups excluding carboxylic acids is 1. The van der Waals surface area contributed by atoms with Crippen LogP contribution in [0.25, 0.3) is 0 Å². The lowest BCUT2D eigenvalue weighted by Crippen LogP contribution is -2.31. The van der Waals surface area contributed by atoms with E-state index in [1.165, 1.54) is 17.6 Å². The number of furan rings is 1. The molecule has 0 saturated carbocycles. The molecule has 2 aromatic rings. The number of aliphatic hydroxyl groups excluding tert-OH is 1. The molecule has 102 valence electrons. The molecule has 1 atom stereocenters. The van der Waals surface area contributed by atoms with E-state index in [-0.39, 0.29) is 18.9 Å². The summed E-state index contributed by atoms with van der Waals surface area (Å²) in [7, 11) is 0. The zero-order chi connectivity index (χ0) is 13.8. The van der Waals surface area contributed by atoms with E-state index in [9.17, 15) is 9.90 Å². The summed E-state index contributed by atoms with van der Waals surface area (Å²) in [4.78, 5) is 15.8. The first kappa shape index (κ1) is 14.0. The molecule has 0 fully saturated rings. The van der Waals surface area contributed by atoms with Crippen LogP contribution in [0.5, 0.6) is 0 Å². The third-order valence-corrected chi connectivity index (χ3v) is 3.99. The molecule has 3 N–H and O–H groups in total. The monoisotopic (exact) mass is 298 g/mol. The van der Waals surface area contributed by atoms with Crippen molar-refractivity contribution in [2.24, 2.45) is 0 Å². The Balaban J connectivity index is 2.01. The van der Waals surface area contributed by atoms with E-state index in [1.807, 2.05) is 6.92 Å². The van der Waals surface area contributed by atoms with Gasteiger partial charge < -0.3 is 19.8 Å². The van der Waals surface area contributed by atoms with Gasteiger partial charge in [-0.2, -0.15) is 0 Å². The number of aromatic amines is 1. The van der Waals surface area contributed by atoms with Crippen molar-refractivity contribution in [1.29, 1.82) is 0 Å². The molecule has 1 unspecified atom stereocenters. The Bertz CT molecular complexity index is 601. The first-order valence-corrected chi connectivity index (χ1v) is 6.95. The van der Waals surface area contributed by atoms with Crippen LogP contribution in [0, 0.1) is 10.9 Å². The van der Waals surface area contributed by atoms with Crippen molar-refractivity contribution in [3.05, 3.63) is 38.7 Å². The summed E-state index contributed by atoms with van der Waals surface area (Å²) >= 11 is 6.41. The van der Waals surface area contributed by atoms with Gasteiger partial charge in [0.1, 0.15) is 11.8 Å². The highest BCUT2D eigenvalue weighted by Gasteiger charge is 2.17. The molecular formula is C12H14N2O3S2. The van der Waals surface area contributed by atoms with Gasteiger partial charge in [0.25, 0.3) is 0 Å². The fraction of sp³-hybridized carbons (Fsp3) is 0.333. The van der Waals surface area contributed by atoms with Gasteiger partial charge in [-0.1, -0.05) is 0 Å². The maximum atomic E-state index is 11.9. The van der Waals surface area contributed by atoms with Crippen molar-refractivity contribution in [1.82, 2.24) is 10.3 Å². The highest BCUT2D eigenvalue weighted by Crippen LogP contribution is 2.17. The largest absolute Gasteiger partial charge is 0.467 e. The summed E-state index contributed by atoms with van der Waals surface area (Å²) in [6.45, 7) is 1.67. The number of amides is 1. The quantitative estimate of drug-likeness (QED) is 0.739. The van der Waals surface area contributed by atoms with Gasteiger partial charge in [-0.05, 0) is 31.3 Å². The topological polar surface area (TPSA) is 78.3 Å². The van der Waals surface area contributed by atoms with Crippen LogP contribution in [-0.2, 0) is 11.2 Å². The number of aliphatic hydroxyl groups is 1. The number of aryl methyl sites for hydroxylation is 1. The van der Waals surface area contributed by atoms with Crippen LogP contribution in [0.4, 0.5) is 0 Å². The lowest BCUT2D eigenvalue weighted by molar-refractivity contribution is -0.121. The van der Waals surface area contributed by atoms with Crippen molar-refractivity contribution >= 4 is 29.5 Å². The fourth-order valence-electron chi connectivity index (χ4n) is 1.69. The zero-order valence-electron chi connectivity index (χ0n) is 10.3. The number of nitrogens with one attached hydrogen (secondary N) is 2. The Morgan fingerprint density at radius 1 is 1.68 bits per heavy atom. The predicted octanol–water partition coefficient (Wildman–Crippen LogP) is 2.10. The second-order valence-corrected chi connectivity index (χ2v) is 5.83. The molecule has 0 bridgehead atoms. The first-order chi connectivity index (χ1) is 9.10. The lowest BCUT2D eigenvalue weighted by Gasteiger charge is -2.13. The third-order valence-electron chi connectivity index (χ3n) is 2.65. The Hall–Kier alpha value is -1.44. The number of hydrogen-bond acceptors (Lipinski definition) is 5. The summed E-state index contributed by atoms with van der Waals surface area (Å²) in [6.07, 6.45) is 1.74. The molecule has 5 nitrogen and oxygen atoms in total. The molecule has 7 heteroatoms. The van der Waals surface area contributed by atoms with Crippen molar-refractivity contribution in [3.63, 3.8) is 0 Å². The molecule has 0 saturated heterocycles. The minimum Gasteiger partial charge on any atom is -0.467 e. The fourth-order valence-corrected chi connectivity index (χ4v) is 2.98. The standard InChI is InChI=1S/C12H14N2O3S2/c1-7-10(19-12(18)13-7)5-11(16)14-8(6-15)9-3-2-4-17-9/h2-4,8,15H,5-6H2,1H3,(H,13,18)(H,14,16). The molecule has 19 heavy (non-hydrogen) atoms. The van der Waals surface area contributed by atoms with Crippen LogP contribution in [0.3, 0.4) is 0 Å². The van der Waals surface area contributed by atoms with Gasteiger partial charge in [-0.25, -0.2) is 0 Å². The van der Waals surface area contributed by atoms with Crippen LogP contribution in [0.1, 0.15) is 22.4 Å². The van der Waals surface area contributed by atoms with Gasteiger partial charge in [0.2, 0.25) is 5.91 Å². The Labute approximate surface area is 119 Å². The highest BCUT2D eigenvalue weighted by molar-refractivity contribution is 7.73. The molecule has 0 aliphatic rings. The molecule has 1 amide bonds. The molecule has 0 aliphatic carbocycles. The van der Waals surface area contributed by atoms with Gasteiger partial charge >= 0.3 is 0 Å². The summed E-state index contributed by atoms with van der Waals surface area (Å²) in [5.74, 6) is 0.359. The van der Waals surface area contributed by atoms with Crippen LogP contribution in [0.15, 0.2) is 22.8 Å². The van der Waals surface area contributed by atoms with Crippen molar-refractivity contribution in [2.45, 2.75) is 19.4 Å². The van der Waals surface area contributed by atoms with E-state index >= 15 is 0 Å². The second-order valence-electron chi connectivity index (χ2n) is 4.06. The third kappa shape index (κ3) is 3.52. The molecule has 0 aromatic carbocycles. The molecule has 2 aromatic heterocycles. The number of H-pyrrole nitrogens is 1. The average molecular weight is 298 g/mol. The van der Waals surface area contributed by atoms with E-state index in [1.54, 1.807) is 12.1 Å². The molecular weight excluding hydrogens is 284 g/mol. The number of thiazole rings is 1. The van der Waals surface area contributed by atoms with Crippen molar-refractivity contribution < 1.29 is 14.3 Å². The second kappa shape index (κ2) is 6.14. The van der Waals surface area contributed by atoms with Crippen LogP contribution in [-0.4, -0.2) is 22.6 Å². The van der Waals surface area contributed by atoms with Gasteiger partial charge in [0.05, 0.1) is 19.3 Å². The molecule has 0 radical (unpaired) electrons. The Morgan fingerprint density at radius 3 is 3.00 bits per heavy atom.